The summed E-state index contributed by atoms with van der Waals surface area (Å²) >= 11 is 0. The van der Waals surface area contributed by atoms with Gasteiger partial charge in [0.15, 0.2) is 0 Å². The van der Waals surface area contributed by atoms with Crippen molar-refractivity contribution in [1.82, 2.24) is 4.90 Å². The van der Waals surface area contributed by atoms with E-state index >= 15 is 0 Å². The minimum atomic E-state index is -0.974. The Balaban J connectivity index is 2.15. The minimum absolute atomic E-state index is 0.167. The highest BCUT2D eigenvalue weighted by atomic mass is 16.4. The first-order valence-electron chi connectivity index (χ1n) is 6.92. The summed E-state index contributed by atoms with van der Waals surface area (Å²) in [5.74, 6) is -0.974. The van der Waals surface area contributed by atoms with Crippen LogP contribution in [0.3, 0.4) is 0 Å². The molecule has 1 aromatic carbocycles. The lowest BCUT2D eigenvalue weighted by atomic mass is 10.0. The number of carboxylic acid groups (broad SMARTS) is 1. The molecule has 0 unspecified atom stereocenters. The summed E-state index contributed by atoms with van der Waals surface area (Å²) in [5.41, 5.74) is 7.54. The van der Waals surface area contributed by atoms with Gasteiger partial charge in [-0.05, 0) is 32.9 Å². The molecule has 0 spiro atoms. The lowest BCUT2D eigenvalue weighted by molar-refractivity contribution is 0.0698. The Morgan fingerprint density at radius 3 is 2.30 bits per heavy atom. The smallest absolute Gasteiger partial charge is 0.337 e. The summed E-state index contributed by atoms with van der Waals surface area (Å²) in [5, 5.41) is 9.13. The van der Waals surface area contributed by atoms with E-state index in [1.165, 1.54) is 0 Å². The Morgan fingerprint density at radius 2 is 1.80 bits per heavy atom. The van der Waals surface area contributed by atoms with E-state index < -0.39 is 5.97 Å². The van der Waals surface area contributed by atoms with Crippen LogP contribution < -0.4 is 10.6 Å². The number of rotatable bonds is 2. The first-order valence-corrected chi connectivity index (χ1v) is 6.92. The molecule has 1 aliphatic heterocycles. The van der Waals surface area contributed by atoms with Crippen LogP contribution in [0.25, 0.3) is 0 Å². The Morgan fingerprint density at radius 1 is 1.20 bits per heavy atom. The fourth-order valence-corrected chi connectivity index (χ4v) is 2.63. The molecule has 0 amide bonds. The molecule has 110 valence electrons. The lowest BCUT2D eigenvalue weighted by Crippen LogP contribution is -2.53. The predicted octanol–water partition coefficient (Wildman–Crippen LogP) is 1.89. The molecule has 1 saturated heterocycles. The van der Waals surface area contributed by atoms with Crippen molar-refractivity contribution in [3.05, 3.63) is 23.8 Å². The number of carboxylic acids is 1. The maximum absolute atomic E-state index is 11.1. The maximum atomic E-state index is 11.1. The summed E-state index contributed by atoms with van der Waals surface area (Å²) < 4.78 is 0. The van der Waals surface area contributed by atoms with Crippen molar-refractivity contribution in [1.29, 1.82) is 0 Å². The molecule has 5 nitrogen and oxygen atoms in total. The normalized spacial score (nSPS) is 17.2. The van der Waals surface area contributed by atoms with Gasteiger partial charge in [-0.3, -0.25) is 4.90 Å². The summed E-state index contributed by atoms with van der Waals surface area (Å²) in [4.78, 5) is 15.7. The second kappa shape index (κ2) is 5.32. The molecular weight excluding hydrogens is 254 g/mol. The zero-order valence-electron chi connectivity index (χ0n) is 12.4. The number of carbonyl (C=O) groups is 1. The third-order valence-electron chi connectivity index (χ3n) is 3.88. The molecular formula is C15H23N3O2. The quantitative estimate of drug-likeness (QED) is 0.808. The Kier molecular flexibility index (Phi) is 3.90. The van der Waals surface area contributed by atoms with Crippen LogP contribution in [0, 0.1) is 0 Å². The number of anilines is 2. The summed E-state index contributed by atoms with van der Waals surface area (Å²) in [7, 11) is 0. The molecule has 0 aromatic heterocycles. The molecule has 0 bridgehead atoms. The van der Waals surface area contributed by atoms with E-state index in [4.69, 9.17) is 10.8 Å². The number of hydrogen-bond donors (Lipinski definition) is 2. The van der Waals surface area contributed by atoms with Crippen molar-refractivity contribution in [3.63, 3.8) is 0 Å². The van der Waals surface area contributed by atoms with Crippen LogP contribution in [0.5, 0.6) is 0 Å². The molecule has 1 heterocycles. The van der Waals surface area contributed by atoms with Crippen LogP contribution in [0.15, 0.2) is 18.2 Å². The van der Waals surface area contributed by atoms with E-state index in [1.807, 2.05) is 6.07 Å². The highest BCUT2D eigenvalue weighted by molar-refractivity contribution is 5.97. The molecule has 1 fully saturated rings. The number of piperazine rings is 1. The average molecular weight is 277 g/mol. The molecule has 5 heteroatoms. The molecule has 0 saturated carbocycles. The largest absolute Gasteiger partial charge is 0.478 e. The fraction of sp³-hybridized carbons (Fsp3) is 0.533. The number of aromatic carboxylic acids is 1. The number of nitrogens with two attached hydrogens (primary N) is 1. The van der Waals surface area contributed by atoms with Gasteiger partial charge in [-0.1, -0.05) is 6.07 Å². The predicted molar refractivity (Wildman–Crippen MR) is 81.4 cm³/mol. The van der Waals surface area contributed by atoms with Gasteiger partial charge in [0.1, 0.15) is 0 Å². The highest BCUT2D eigenvalue weighted by Crippen LogP contribution is 2.28. The molecule has 2 rings (SSSR count). The van der Waals surface area contributed by atoms with E-state index in [0.29, 0.717) is 5.69 Å². The fourth-order valence-electron chi connectivity index (χ4n) is 2.63. The van der Waals surface area contributed by atoms with Crippen LogP contribution in [-0.2, 0) is 0 Å². The van der Waals surface area contributed by atoms with Crippen molar-refractivity contribution >= 4 is 17.3 Å². The number of nitrogens with zero attached hydrogens (tertiary/aromatic N) is 2. The van der Waals surface area contributed by atoms with Crippen molar-refractivity contribution in [2.24, 2.45) is 0 Å². The van der Waals surface area contributed by atoms with Gasteiger partial charge < -0.3 is 15.7 Å². The highest BCUT2D eigenvalue weighted by Gasteiger charge is 2.27. The molecule has 1 aliphatic rings. The van der Waals surface area contributed by atoms with Crippen molar-refractivity contribution < 1.29 is 9.90 Å². The standard InChI is InChI=1S/C15H23N3O2/c1-15(2,3)18-9-7-17(8-10-18)12-6-4-5-11(13(12)16)14(19)20/h4-6H,7-10,16H2,1-3H3,(H,19,20). The molecule has 1 aromatic rings. The van der Waals surface area contributed by atoms with E-state index in [-0.39, 0.29) is 11.1 Å². The van der Waals surface area contributed by atoms with Crippen LogP contribution in [0.1, 0.15) is 31.1 Å². The number of hydrogen-bond acceptors (Lipinski definition) is 4. The van der Waals surface area contributed by atoms with Gasteiger partial charge in [-0.15, -0.1) is 0 Å². The average Bonchev–Trinajstić information content (AvgIpc) is 2.38. The van der Waals surface area contributed by atoms with Gasteiger partial charge in [-0.2, -0.15) is 0 Å². The molecule has 20 heavy (non-hydrogen) atoms. The second-order valence-electron chi connectivity index (χ2n) is 6.19. The number of nitrogen functional groups attached to an aromatic ring is 1. The summed E-state index contributed by atoms with van der Waals surface area (Å²) in [6.07, 6.45) is 0. The van der Waals surface area contributed by atoms with Gasteiger partial charge in [0, 0.05) is 31.7 Å². The third kappa shape index (κ3) is 2.88. The first-order chi connectivity index (χ1) is 9.30. The van der Waals surface area contributed by atoms with Crippen LogP contribution in [0.2, 0.25) is 0 Å². The van der Waals surface area contributed by atoms with Crippen LogP contribution in [-0.4, -0.2) is 47.7 Å². The Labute approximate surface area is 120 Å². The first kappa shape index (κ1) is 14.7. The lowest BCUT2D eigenvalue weighted by Gasteiger charge is -2.43. The van der Waals surface area contributed by atoms with Gasteiger partial charge in [0.05, 0.1) is 16.9 Å². The van der Waals surface area contributed by atoms with E-state index in [9.17, 15) is 4.79 Å². The van der Waals surface area contributed by atoms with E-state index in [2.05, 4.69) is 30.6 Å². The minimum Gasteiger partial charge on any atom is -0.478 e. The van der Waals surface area contributed by atoms with Gasteiger partial charge >= 0.3 is 5.97 Å². The molecule has 0 aliphatic carbocycles. The number of para-hydroxylation sites is 1. The van der Waals surface area contributed by atoms with Crippen molar-refractivity contribution in [2.45, 2.75) is 26.3 Å². The molecule has 0 atom stereocenters. The molecule has 0 radical (unpaired) electrons. The zero-order chi connectivity index (χ0) is 14.9. The van der Waals surface area contributed by atoms with E-state index in [0.717, 1.165) is 31.9 Å². The Hall–Kier alpha value is -1.75. The second-order valence-corrected chi connectivity index (χ2v) is 6.19. The maximum Gasteiger partial charge on any atom is 0.337 e. The summed E-state index contributed by atoms with van der Waals surface area (Å²) in [6.45, 7) is 10.3. The van der Waals surface area contributed by atoms with Gasteiger partial charge in [0.25, 0.3) is 0 Å². The monoisotopic (exact) mass is 277 g/mol. The molecule has 3 N–H and O–H groups in total. The van der Waals surface area contributed by atoms with Gasteiger partial charge in [0.2, 0.25) is 0 Å². The zero-order valence-corrected chi connectivity index (χ0v) is 12.4. The van der Waals surface area contributed by atoms with Crippen molar-refractivity contribution in [2.75, 3.05) is 36.8 Å². The van der Waals surface area contributed by atoms with Crippen LogP contribution in [0.4, 0.5) is 11.4 Å². The van der Waals surface area contributed by atoms with Crippen molar-refractivity contribution in [3.8, 4) is 0 Å². The van der Waals surface area contributed by atoms with Gasteiger partial charge in [-0.25, -0.2) is 4.79 Å². The Bertz CT molecular complexity index is 500. The third-order valence-corrected chi connectivity index (χ3v) is 3.88. The SMILES string of the molecule is CC(C)(C)N1CCN(c2cccc(C(=O)O)c2N)CC1. The number of benzene rings is 1. The topological polar surface area (TPSA) is 69.8 Å². The van der Waals surface area contributed by atoms with E-state index in [1.54, 1.807) is 12.1 Å². The van der Waals surface area contributed by atoms with Crippen LogP contribution >= 0.6 is 0 Å². The summed E-state index contributed by atoms with van der Waals surface area (Å²) in [6, 6.07) is 5.20.